The minimum absolute atomic E-state index is 0.132. The molecule has 0 aromatic carbocycles. The minimum atomic E-state index is -0.745. The Kier molecular flexibility index (Phi) is 3.39. The van der Waals surface area contributed by atoms with Crippen LogP contribution in [0.1, 0.15) is 44.9 Å². The van der Waals surface area contributed by atoms with Crippen molar-refractivity contribution in [3.63, 3.8) is 0 Å². The van der Waals surface area contributed by atoms with Gasteiger partial charge in [0.15, 0.2) is 0 Å². The second-order valence-electron chi connectivity index (χ2n) is 5.60. The highest BCUT2D eigenvalue weighted by molar-refractivity contribution is 5.88. The van der Waals surface area contributed by atoms with Crippen LogP contribution in [0.5, 0.6) is 0 Å². The molecule has 0 saturated heterocycles. The first kappa shape index (κ1) is 12.4. The fourth-order valence-electron chi connectivity index (χ4n) is 2.64. The van der Waals surface area contributed by atoms with Crippen LogP contribution in [0.25, 0.3) is 0 Å². The molecule has 4 nitrogen and oxygen atoms in total. The van der Waals surface area contributed by atoms with E-state index in [4.69, 9.17) is 5.26 Å². The van der Waals surface area contributed by atoms with E-state index in [9.17, 15) is 9.90 Å². The number of carbonyl (C=O) groups is 1. The number of aliphatic hydroxyl groups is 1. The van der Waals surface area contributed by atoms with Gasteiger partial charge >= 0.3 is 0 Å². The molecule has 2 saturated carbocycles. The van der Waals surface area contributed by atoms with Crippen LogP contribution in [-0.2, 0) is 4.79 Å². The molecule has 1 amide bonds. The Morgan fingerprint density at radius 2 is 1.88 bits per heavy atom. The van der Waals surface area contributed by atoms with E-state index in [2.05, 4.69) is 11.4 Å². The molecule has 17 heavy (non-hydrogen) atoms. The van der Waals surface area contributed by atoms with Crippen LogP contribution in [0.2, 0.25) is 0 Å². The monoisotopic (exact) mass is 236 g/mol. The summed E-state index contributed by atoms with van der Waals surface area (Å²) >= 11 is 0. The number of carbonyl (C=O) groups excluding carboxylic acids is 1. The lowest BCUT2D eigenvalue weighted by Gasteiger charge is -2.35. The highest BCUT2D eigenvalue weighted by Gasteiger charge is 2.51. The molecule has 0 spiro atoms. The van der Waals surface area contributed by atoms with E-state index in [1.807, 2.05) is 0 Å². The van der Waals surface area contributed by atoms with Crippen molar-refractivity contribution in [1.82, 2.24) is 5.32 Å². The van der Waals surface area contributed by atoms with E-state index in [0.717, 1.165) is 25.7 Å². The largest absolute Gasteiger partial charge is 0.396 e. The van der Waals surface area contributed by atoms with E-state index in [1.54, 1.807) is 0 Å². The number of nitrogens with zero attached hydrogens (tertiary/aromatic N) is 1. The summed E-state index contributed by atoms with van der Waals surface area (Å²) in [5.74, 6) is -0.140. The van der Waals surface area contributed by atoms with Crippen molar-refractivity contribution in [2.45, 2.75) is 44.9 Å². The molecule has 2 aliphatic carbocycles. The summed E-state index contributed by atoms with van der Waals surface area (Å²) in [4.78, 5) is 11.8. The second-order valence-corrected chi connectivity index (χ2v) is 5.60. The number of nitriles is 1. The molecule has 0 unspecified atom stereocenters. The van der Waals surface area contributed by atoms with Crippen LogP contribution < -0.4 is 5.32 Å². The second kappa shape index (κ2) is 4.66. The third-order valence-electron chi connectivity index (χ3n) is 4.27. The van der Waals surface area contributed by atoms with Crippen LogP contribution in [0, 0.1) is 22.2 Å². The number of rotatable bonds is 4. The van der Waals surface area contributed by atoms with Gasteiger partial charge in [0.2, 0.25) is 5.91 Å². The Morgan fingerprint density at radius 3 is 2.35 bits per heavy atom. The number of hydrogen-bond donors (Lipinski definition) is 2. The first-order valence-electron chi connectivity index (χ1n) is 6.47. The number of nitrogens with one attached hydrogen (secondary N) is 1. The van der Waals surface area contributed by atoms with Gasteiger partial charge in [-0.2, -0.15) is 5.26 Å². The van der Waals surface area contributed by atoms with Gasteiger partial charge in [-0.1, -0.05) is 19.3 Å². The molecule has 0 bridgehead atoms. The fraction of sp³-hybridized carbons (Fsp3) is 0.846. The maximum absolute atomic E-state index is 11.8. The molecule has 0 atom stereocenters. The van der Waals surface area contributed by atoms with E-state index in [1.165, 1.54) is 6.42 Å². The van der Waals surface area contributed by atoms with Gasteiger partial charge in [-0.25, -0.2) is 0 Å². The summed E-state index contributed by atoms with van der Waals surface area (Å²) in [5, 5.41) is 21.3. The summed E-state index contributed by atoms with van der Waals surface area (Å²) in [5.41, 5.74) is -0.884. The van der Waals surface area contributed by atoms with Gasteiger partial charge in [0.1, 0.15) is 5.41 Å². The van der Waals surface area contributed by atoms with Crippen LogP contribution in [0.3, 0.4) is 0 Å². The van der Waals surface area contributed by atoms with Gasteiger partial charge in [-0.05, 0) is 25.7 Å². The van der Waals surface area contributed by atoms with E-state index >= 15 is 0 Å². The van der Waals surface area contributed by atoms with E-state index in [0.29, 0.717) is 19.4 Å². The van der Waals surface area contributed by atoms with Crippen molar-refractivity contribution in [3.05, 3.63) is 0 Å². The normalized spacial score (nSPS) is 24.7. The molecule has 0 aliphatic heterocycles. The molecule has 0 aromatic heterocycles. The summed E-state index contributed by atoms with van der Waals surface area (Å²) in [6.07, 6.45) is 6.78. The lowest BCUT2D eigenvalue weighted by Crippen LogP contribution is -2.43. The topological polar surface area (TPSA) is 73.1 Å². The van der Waals surface area contributed by atoms with Gasteiger partial charge in [0.25, 0.3) is 0 Å². The first-order chi connectivity index (χ1) is 8.16. The zero-order valence-corrected chi connectivity index (χ0v) is 10.2. The average molecular weight is 236 g/mol. The zero-order valence-electron chi connectivity index (χ0n) is 10.2. The minimum Gasteiger partial charge on any atom is -0.396 e. The van der Waals surface area contributed by atoms with Crippen molar-refractivity contribution in [2.24, 2.45) is 10.8 Å². The molecule has 2 aliphatic rings. The van der Waals surface area contributed by atoms with Crippen LogP contribution >= 0.6 is 0 Å². The zero-order chi connectivity index (χ0) is 12.4. The summed E-state index contributed by atoms with van der Waals surface area (Å²) in [6, 6.07) is 2.10. The van der Waals surface area contributed by atoms with Crippen molar-refractivity contribution < 1.29 is 9.90 Å². The Hall–Kier alpha value is -1.08. The summed E-state index contributed by atoms with van der Waals surface area (Å²) in [7, 11) is 0. The Labute approximate surface area is 102 Å². The van der Waals surface area contributed by atoms with Gasteiger partial charge in [0, 0.05) is 12.0 Å². The van der Waals surface area contributed by atoms with Crippen LogP contribution in [0.4, 0.5) is 0 Å². The van der Waals surface area contributed by atoms with Crippen molar-refractivity contribution in [2.75, 3.05) is 13.2 Å². The average Bonchev–Trinajstić information content (AvgIpc) is 3.18. The third-order valence-corrected chi connectivity index (χ3v) is 4.27. The summed E-state index contributed by atoms with van der Waals surface area (Å²) < 4.78 is 0. The summed E-state index contributed by atoms with van der Waals surface area (Å²) in [6.45, 7) is 0.651. The molecule has 0 heterocycles. The molecule has 4 heteroatoms. The van der Waals surface area contributed by atoms with E-state index in [-0.39, 0.29) is 17.9 Å². The molecule has 2 fully saturated rings. The van der Waals surface area contributed by atoms with Crippen molar-refractivity contribution in [1.29, 1.82) is 5.26 Å². The van der Waals surface area contributed by atoms with Gasteiger partial charge in [-0.15, -0.1) is 0 Å². The van der Waals surface area contributed by atoms with Gasteiger partial charge in [-0.3, -0.25) is 4.79 Å². The maximum Gasteiger partial charge on any atom is 0.240 e. The number of aliphatic hydroxyl groups excluding tert-OH is 1. The lowest BCUT2D eigenvalue weighted by molar-refractivity contribution is -0.125. The van der Waals surface area contributed by atoms with Gasteiger partial charge < -0.3 is 10.4 Å². The Bertz CT molecular complexity index is 336. The first-order valence-corrected chi connectivity index (χ1v) is 6.47. The highest BCUT2D eigenvalue weighted by atomic mass is 16.3. The van der Waals surface area contributed by atoms with Crippen LogP contribution in [-0.4, -0.2) is 24.2 Å². The molecule has 2 N–H and O–H groups in total. The smallest absolute Gasteiger partial charge is 0.240 e. The molecular formula is C13H20N2O2. The number of hydrogen-bond acceptors (Lipinski definition) is 3. The molecular weight excluding hydrogens is 216 g/mol. The Balaban J connectivity index is 1.88. The molecule has 0 aromatic rings. The predicted octanol–water partition coefficient (Wildman–Crippen LogP) is 1.35. The quantitative estimate of drug-likeness (QED) is 0.773. The predicted molar refractivity (Wildman–Crippen MR) is 62.9 cm³/mol. The number of amides is 1. The Morgan fingerprint density at radius 1 is 1.24 bits per heavy atom. The van der Waals surface area contributed by atoms with Crippen molar-refractivity contribution >= 4 is 5.91 Å². The van der Waals surface area contributed by atoms with Gasteiger partial charge in [0.05, 0.1) is 12.7 Å². The SMILES string of the molecule is N#CC1(C(=O)NCC2(CO)CCCCC2)CC1. The fourth-order valence-corrected chi connectivity index (χ4v) is 2.64. The lowest BCUT2D eigenvalue weighted by atomic mass is 9.74. The van der Waals surface area contributed by atoms with Crippen molar-refractivity contribution in [3.8, 4) is 6.07 Å². The van der Waals surface area contributed by atoms with E-state index < -0.39 is 5.41 Å². The van der Waals surface area contributed by atoms with Crippen LogP contribution in [0.15, 0.2) is 0 Å². The molecule has 2 rings (SSSR count). The molecule has 94 valence electrons. The maximum atomic E-state index is 11.8. The standard InChI is InChI=1S/C13H20N2O2/c14-8-13(6-7-13)11(17)15-9-12(10-16)4-2-1-3-5-12/h16H,1-7,9-10H2,(H,15,17). The highest BCUT2D eigenvalue weighted by Crippen LogP contribution is 2.45. The third kappa shape index (κ3) is 2.44. The molecule has 0 radical (unpaired) electrons.